The lowest BCUT2D eigenvalue weighted by Gasteiger charge is -2.13. The number of ether oxygens (including phenoxy) is 2. The van der Waals surface area contributed by atoms with Crippen LogP contribution in [-0.4, -0.2) is 30.9 Å². The largest absolute Gasteiger partial charge is 0.491 e. The van der Waals surface area contributed by atoms with E-state index >= 15 is 0 Å². The van der Waals surface area contributed by atoms with Crippen LogP contribution < -0.4 is 4.74 Å². The van der Waals surface area contributed by atoms with Crippen molar-refractivity contribution in [1.29, 1.82) is 0 Å². The highest BCUT2D eigenvalue weighted by atomic mass is 16.5. The van der Waals surface area contributed by atoms with Gasteiger partial charge < -0.3 is 14.6 Å². The monoisotopic (exact) mass is 266 g/mol. The lowest BCUT2D eigenvalue weighted by atomic mass is 10.1. The van der Waals surface area contributed by atoms with Crippen molar-refractivity contribution in [1.82, 2.24) is 0 Å². The van der Waals surface area contributed by atoms with Crippen LogP contribution in [0.25, 0.3) is 0 Å². The van der Waals surface area contributed by atoms with Crippen LogP contribution in [0.15, 0.2) is 12.1 Å². The van der Waals surface area contributed by atoms with Crippen molar-refractivity contribution in [3.63, 3.8) is 0 Å². The van der Waals surface area contributed by atoms with Crippen molar-refractivity contribution in [2.75, 3.05) is 19.8 Å². The molecule has 1 aromatic carbocycles. The zero-order chi connectivity index (χ0) is 14.3. The average Bonchev–Trinajstić information content (AvgIpc) is 2.35. The summed E-state index contributed by atoms with van der Waals surface area (Å²) in [5, 5.41) is 8.96. The van der Waals surface area contributed by atoms with Crippen LogP contribution in [0.4, 0.5) is 0 Å². The minimum Gasteiger partial charge on any atom is -0.491 e. The summed E-state index contributed by atoms with van der Waals surface area (Å²) in [5.74, 6) is -0.162. The highest BCUT2D eigenvalue weighted by molar-refractivity contribution is 5.88. The van der Waals surface area contributed by atoms with E-state index < -0.39 is 5.97 Å². The Morgan fingerprint density at radius 3 is 2.32 bits per heavy atom. The third kappa shape index (κ3) is 4.91. The maximum Gasteiger partial charge on any atom is 0.335 e. The number of rotatable bonds is 8. The second-order valence-corrected chi connectivity index (χ2v) is 4.56. The summed E-state index contributed by atoms with van der Waals surface area (Å²) >= 11 is 0. The van der Waals surface area contributed by atoms with Gasteiger partial charge in [0.25, 0.3) is 0 Å². The van der Waals surface area contributed by atoms with Gasteiger partial charge in [-0.1, -0.05) is 13.3 Å². The SMILES string of the molecule is CCCCOCCOc1c(C)cc(C(=O)O)cc1C. The van der Waals surface area contributed by atoms with E-state index in [4.69, 9.17) is 14.6 Å². The Balaban J connectivity index is 2.52. The molecule has 0 bridgehead atoms. The van der Waals surface area contributed by atoms with Gasteiger partial charge in [-0.15, -0.1) is 0 Å². The van der Waals surface area contributed by atoms with Gasteiger partial charge in [-0.2, -0.15) is 0 Å². The van der Waals surface area contributed by atoms with Crippen LogP contribution >= 0.6 is 0 Å². The summed E-state index contributed by atoms with van der Waals surface area (Å²) in [6.07, 6.45) is 2.18. The number of aromatic carboxylic acids is 1. The van der Waals surface area contributed by atoms with E-state index in [2.05, 4.69) is 6.92 Å². The maximum atomic E-state index is 10.9. The molecule has 19 heavy (non-hydrogen) atoms. The molecule has 0 radical (unpaired) electrons. The first kappa shape index (κ1) is 15.5. The Kier molecular flexibility index (Phi) is 6.36. The number of carboxylic acids is 1. The lowest BCUT2D eigenvalue weighted by Crippen LogP contribution is -2.09. The summed E-state index contributed by atoms with van der Waals surface area (Å²) < 4.78 is 11.1. The van der Waals surface area contributed by atoms with Gasteiger partial charge in [0.05, 0.1) is 12.2 Å². The topological polar surface area (TPSA) is 55.8 Å². The first-order chi connectivity index (χ1) is 9.06. The quantitative estimate of drug-likeness (QED) is 0.734. The fraction of sp³-hybridized carbons (Fsp3) is 0.533. The van der Waals surface area contributed by atoms with Crippen molar-refractivity contribution < 1.29 is 19.4 Å². The summed E-state index contributed by atoms with van der Waals surface area (Å²) in [5.41, 5.74) is 1.97. The molecule has 1 N–H and O–H groups in total. The number of carbonyl (C=O) groups is 1. The number of hydrogen-bond donors (Lipinski definition) is 1. The van der Waals surface area contributed by atoms with Crippen LogP contribution in [0, 0.1) is 13.8 Å². The van der Waals surface area contributed by atoms with Crippen LogP contribution in [0.2, 0.25) is 0 Å². The average molecular weight is 266 g/mol. The van der Waals surface area contributed by atoms with Gasteiger partial charge >= 0.3 is 5.97 Å². The lowest BCUT2D eigenvalue weighted by molar-refractivity contribution is 0.0696. The minimum atomic E-state index is -0.916. The van der Waals surface area contributed by atoms with Gasteiger partial charge in [-0.3, -0.25) is 0 Å². The summed E-state index contributed by atoms with van der Waals surface area (Å²) in [6, 6.07) is 3.26. The van der Waals surface area contributed by atoms with E-state index in [1.54, 1.807) is 12.1 Å². The Morgan fingerprint density at radius 1 is 1.16 bits per heavy atom. The second kappa shape index (κ2) is 7.79. The number of hydrogen-bond acceptors (Lipinski definition) is 3. The Bertz CT molecular complexity index is 403. The number of unbranched alkanes of at least 4 members (excludes halogenated alkanes) is 1. The molecule has 0 aliphatic carbocycles. The van der Waals surface area contributed by atoms with Gasteiger partial charge in [0, 0.05) is 6.61 Å². The molecule has 4 nitrogen and oxygen atoms in total. The van der Waals surface area contributed by atoms with Gasteiger partial charge in [0.2, 0.25) is 0 Å². The van der Waals surface area contributed by atoms with Crippen molar-refractivity contribution >= 4 is 5.97 Å². The van der Waals surface area contributed by atoms with E-state index in [1.165, 1.54) is 0 Å². The summed E-state index contributed by atoms with van der Waals surface area (Å²) in [6.45, 7) is 7.63. The molecule has 0 unspecified atom stereocenters. The van der Waals surface area contributed by atoms with Gasteiger partial charge in [0.15, 0.2) is 0 Å². The molecule has 0 heterocycles. The molecular weight excluding hydrogens is 244 g/mol. The highest BCUT2D eigenvalue weighted by Gasteiger charge is 2.10. The predicted molar refractivity (Wildman–Crippen MR) is 74.1 cm³/mol. The van der Waals surface area contributed by atoms with Crippen molar-refractivity contribution in [2.24, 2.45) is 0 Å². The molecule has 1 rings (SSSR count). The van der Waals surface area contributed by atoms with Crippen molar-refractivity contribution in [2.45, 2.75) is 33.6 Å². The number of benzene rings is 1. The van der Waals surface area contributed by atoms with Crippen molar-refractivity contribution in [3.05, 3.63) is 28.8 Å². The summed E-state index contributed by atoms with van der Waals surface area (Å²) in [7, 11) is 0. The van der Waals surface area contributed by atoms with E-state index in [-0.39, 0.29) is 0 Å². The molecule has 0 fully saturated rings. The second-order valence-electron chi connectivity index (χ2n) is 4.56. The fourth-order valence-corrected chi connectivity index (χ4v) is 1.85. The molecule has 0 amide bonds. The Hall–Kier alpha value is -1.55. The highest BCUT2D eigenvalue weighted by Crippen LogP contribution is 2.24. The molecular formula is C15H22O4. The maximum absolute atomic E-state index is 10.9. The Morgan fingerprint density at radius 2 is 1.79 bits per heavy atom. The van der Waals surface area contributed by atoms with E-state index in [0.29, 0.717) is 18.8 Å². The summed E-state index contributed by atoms with van der Waals surface area (Å²) in [4.78, 5) is 10.9. The zero-order valence-corrected chi connectivity index (χ0v) is 11.9. The Labute approximate surface area is 114 Å². The standard InChI is InChI=1S/C15H22O4/c1-4-5-6-18-7-8-19-14-11(2)9-13(15(16)17)10-12(14)3/h9-10H,4-8H2,1-3H3,(H,16,17). The molecule has 0 atom stereocenters. The normalized spacial score (nSPS) is 10.5. The predicted octanol–water partition coefficient (Wildman–Crippen LogP) is 3.20. The van der Waals surface area contributed by atoms with Crippen LogP contribution in [0.3, 0.4) is 0 Å². The van der Waals surface area contributed by atoms with E-state index in [9.17, 15) is 4.79 Å². The third-order valence-corrected chi connectivity index (χ3v) is 2.82. The van der Waals surface area contributed by atoms with E-state index in [1.807, 2.05) is 13.8 Å². The molecule has 1 aromatic rings. The first-order valence-corrected chi connectivity index (χ1v) is 6.61. The fourth-order valence-electron chi connectivity index (χ4n) is 1.85. The number of carboxylic acid groups (broad SMARTS) is 1. The molecule has 0 aromatic heterocycles. The molecule has 0 spiro atoms. The van der Waals surface area contributed by atoms with Gasteiger partial charge in [-0.05, 0) is 43.5 Å². The zero-order valence-electron chi connectivity index (χ0n) is 11.9. The molecule has 0 saturated carbocycles. The van der Waals surface area contributed by atoms with Crippen LogP contribution in [-0.2, 0) is 4.74 Å². The molecule has 0 aliphatic rings. The third-order valence-electron chi connectivity index (χ3n) is 2.82. The van der Waals surface area contributed by atoms with Gasteiger partial charge in [-0.25, -0.2) is 4.79 Å². The smallest absolute Gasteiger partial charge is 0.335 e. The van der Waals surface area contributed by atoms with Crippen molar-refractivity contribution in [3.8, 4) is 5.75 Å². The van der Waals surface area contributed by atoms with Gasteiger partial charge in [0.1, 0.15) is 12.4 Å². The van der Waals surface area contributed by atoms with Crippen LogP contribution in [0.1, 0.15) is 41.3 Å². The molecule has 4 heteroatoms. The molecule has 0 saturated heterocycles. The minimum absolute atomic E-state index is 0.293. The van der Waals surface area contributed by atoms with E-state index in [0.717, 1.165) is 36.3 Å². The molecule has 0 aliphatic heterocycles. The molecule has 106 valence electrons. The van der Waals surface area contributed by atoms with Crippen LogP contribution in [0.5, 0.6) is 5.75 Å². The number of aryl methyl sites for hydroxylation is 2. The first-order valence-electron chi connectivity index (χ1n) is 6.61.